The maximum atomic E-state index is 12.2. The summed E-state index contributed by atoms with van der Waals surface area (Å²) in [6, 6.07) is 1.72. The van der Waals surface area contributed by atoms with E-state index in [2.05, 4.69) is 0 Å². The van der Waals surface area contributed by atoms with E-state index >= 15 is 0 Å². The number of hydrogen-bond acceptors (Lipinski definition) is 1. The predicted molar refractivity (Wildman–Crippen MR) is 47.2 cm³/mol. The van der Waals surface area contributed by atoms with Gasteiger partial charge in [-0.2, -0.15) is 26.3 Å². The molecule has 0 radical (unpaired) electrons. The topological polar surface area (TPSA) is 20.2 Å². The van der Waals surface area contributed by atoms with Gasteiger partial charge in [0.2, 0.25) is 0 Å². The van der Waals surface area contributed by atoms with E-state index in [1.807, 2.05) is 0 Å². The molecule has 1 rings (SSSR count). The van der Waals surface area contributed by atoms with Crippen LogP contribution in [0.1, 0.15) is 22.8 Å². The molecule has 7 heteroatoms. The molecule has 1 N–H and O–H groups in total. The van der Waals surface area contributed by atoms with Crippen LogP contribution in [0, 0.1) is 6.92 Å². The van der Waals surface area contributed by atoms with Gasteiger partial charge in [-0.15, -0.1) is 0 Å². The quantitative estimate of drug-likeness (QED) is 0.763. The van der Waals surface area contributed by atoms with Gasteiger partial charge in [-0.25, -0.2) is 0 Å². The molecule has 17 heavy (non-hydrogen) atoms. The summed E-state index contributed by atoms with van der Waals surface area (Å²) in [4.78, 5) is 0. The minimum Gasteiger partial charge on any atom is -0.379 e. The first-order chi connectivity index (χ1) is 7.53. The summed E-state index contributed by atoms with van der Waals surface area (Å²) in [6.07, 6.45) is -12.3. The van der Waals surface area contributed by atoms with Gasteiger partial charge >= 0.3 is 12.4 Å². The van der Waals surface area contributed by atoms with E-state index in [-0.39, 0.29) is 5.56 Å². The van der Waals surface area contributed by atoms with Crippen LogP contribution in [0.25, 0.3) is 0 Å². The highest BCUT2D eigenvalue weighted by atomic mass is 19.4. The molecule has 96 valence electrons. The molecule has 1 aromatic rings. The summed E-state index contributed by atoms with van der Waals surface area (Å²) in [5, 5.41) is 8.93. The molecule has 1 aromatic carbocycles. The lowest BCUT2D eigenvalue weighted by molar-refractivity contribution is -0.207. The smallest absolute Gasteiger partial charge is 0.379 e. The lowest BCUT2D eigenvalue weighted by atomic mass is 10.00. The second-order valence-electron chi connectivity index (χ2n) is 3.51. The molecule has 1 nitrogen and oxygen atoms in total. The maximum absolute atomic E-state index is 12.2. The first-order valence-corrected chi connectivity index (χ1v) is 4.46. The maximum Gasteiger partial charge on any atom is 0.418 e. The standard InChI is InChI=1S/C10H8F6O/c1-5-4-6(9(11,12)13)2-3-7(5)8(17)10(14,15)16/h2-4,8,17H,1H3/t8-/m1/s1. The van der Waals surface area contributed by atoms with E-state index in [0.29, 0.717) is 18.2 Å². The lowest BCUT2D eigenvalue weighted by Gasteiger charge is -2.18. The van der Waals surface area contributed by atoms with Gasteiger partial charge in [0.05, 0.1) is 5.56 Å². The van der Waals surface area contributed by atoms with Crippen molar-refractivity contribution in [2.24, 2.45) is 0 Å². The summed E-state index contributed by atoms with van der Waals surface area (Å²) in [6.45, 7) is 1.08. The summed E-state index contributed by atoms with van der Waals surface area (Å²) in [7, 11) is 0. The molecule has 0 fully saturated rings. The Morgan fingerprint density at radius 2 is 1.59 bits per heavy atom. The van der Waals surface area contributed by atoms with Gasteiger partial charge < -0.3 is 5.11 Å². The number of rotatable bonds is 1. The number of halogens is 6. The van der Waals surface area contributed by atoms with Crippen LogP contribution in [0.4, 0.5) is 26.3 Å². The Morgan fingerprint density at radius 3 is 1.94 bits per heavy atom. The van der Waals surface area contributed by atoms with Crippen molar-refractivity contribution in [3.8, 4) is 0 Å². The van der Waals surface area contributed by atoms with Gasteiger partial charge in [0.15, 0.2) is 6.10 Å². The van der Waals surface area contributed by atoms with E-state index in [1.54, 1.807) is 0 Å². The number of aliphatic hydroxyl groups is 1. The SMILES string of the molecule is Cc1cc(C(F)(F)F)ccc1[C@@H](O)C(F)(F)F. The fraction of sp³-hybridized carbons (Fsp3) is 0.400. The molecule has 1 atom stereocenters. The van der Waals surface area contributed by atoms with E-state index in [9.17, 15) is 26.3 Å². The van der Waals surface area contributed by atoms with Gasteiger partial charge in [0, 0.05) is 0 Å². The van der Waals surface area contributed by atoms with Crippen molar-refractivity contribution in [1.82, 2.24) is 0 Å². The van der Waals surface area contributed by atoms with E-state index in [0.717, 1.165) is 6.92 Å². The summed E-state index contributed by atoms with van der Waals surface area (Å²) < 4.78 is 73.3. The minimum absolute atomic E-state index is 0.260. The zero-order chi connectivity index (χ0) is 13.4. The zero-order valence-electron chi connectivity index (χ0n) is 8.52. The molecule has 0 amide bonds. The average molecular weight is 258 g/mol. The Hall–Kier alpha value is -1.24. The first kappa shape index (κ1) is 13.8. The molecular weight excluding hydrogens is 250 g/mol. The van der Waals surface area contributed by atoms with Crippen LogP contribution in [0.3, 0.4) is 0 Å². The molecular formula is C10H8F6O. The Balaban J connectivity index is 3.15. The third kappa shape index (κ3) is 3.12. The van der Waals surface area contributed by atoms with Crippen LogP contribution in [0.5, 0.6) is 0 Å². The second kappa shape index (κ2) is 4.21. The first-order valence-electron chi connectivity index (χ1n) is 4.46. The lowest BCUT2D eigenvalue weighted by Crippen LogP contribution is -2.21. The molecule has 0 heterocycles. The van der Waals surface area contributed by atoms with Crippen molar-refractivity contribution >= 4 is 0 Å². The molecule has 0 unspecified atom stereocenters. The van der Waals surface area contributed by atoms with Crippen LogP contribution in [0.15, 0.2) is 18.2 Å². The monoisotopic (exact) mass is 258 g/mol. The van der Waals surface area contributed by atoms with E-state index in [4.69, 9.17) is 5.11 Å². The molecule has 0 saturated heterocycles. The Kier molecular flexibility index (Phi) is 3.42. The molecule has 0 aliphatic carbocycles. The molecule has 0 aliphatic heterocycles. The largest absolute Gasteiger partial charge is 0.418 e. The van der Waals surface area contributed by atoms with Gasteiger partial charge in [-0.1, -0.05) is 6.07 Å². The van der Waals surface area contributed by atoms with Crippen molar-refractivity contribution in [2.75, 3.05) is 0 Å². The van der Waals surface area contributed by atoms with Gasteiger partial charge in [0.1, 0.15) is 0 Å². The number of alkyl halides is 6. The van der Waals surface area contributed by atoms with Gasteiger partial charge in [-0.3, -0.25) is 0 Å². The highest BCUT2D eigenvalue weighted by molar-refractivity contribution is 5.34. The van der Waals surface area contributed by atoms with Crippen LogP contribution in [0.2, 0.25) is 0 Å². The summed E-state index contributed by atoms with van der Waals surface area (Å²) in [5.74, 6) is 0. The van der Waals surface area contributed by atoms with Crippen molar-refractivity contribution in [3.05, 3.63) is 34.9 Å². The van der Waals surface area contributed by atoms with Crippen molar-refractivity contribution < 1.29 is 31.4 Å². The fourth-order valence-corrected chi connectivity index (χ4v) is 1.34. The van der Waals surface area contributed by atoms with Crippen LogP contribution >= 0.6 is 0 Å². The molecule has 0 bridgehead atoms. The predicted octanol–water partition coefficient (Wildman–Crippen LogP) is 3.61. The van der Waals surface area contributed by atoms with Crippen LogP contribution in [-0.4, -0.2) is 11.3 Å². The van der Waals surface area contributed by atoms with Gasteiger partial charge in [0.25, 0.3) is 0 Å². The number of hydrogen-bond donors (Lipinski definition) is 1. The highest BCUT2D eigenvalue weighted by Gasteiger charge is 2.40. The third-order valence-electron chi connectivity index (χ3n) is 2.20. The minimum atomic E-state index is -4.90. The fourth-order valence-electron chi connectivity index (χ4n) is 1.34. The number of aliphatic hydroxyl groups excluding tert-OH is 1. The molecule has 0 aromatic heterocycles. The number of benzene rings is 1. The second-order valence-corrected chi connectivity index (χ2v) is 3.51. The van der Waals surface area contributed by atoms with E-state index in [1.165, 1.54) is 0 Å². The van der Waals surface area contributed by atoms with Gasteiger partial charge in [-0.05, 0) is 30.2 Å². The Morgan fingerprint density at radius 1 is 1.06 bits per heavy atom. The highest BCUT2D eigenvalue weighted by Crippen LogP contribution is 2.36. The van der Waals surface area contributed by atoms with E-state index < -0.39 is 29.6 Å². The average Bonchev–Trinajstić information content (AvgIpc) is 2.13. The zero-order valence-corrected chi connectivity index (χ0v) is 8.52. The molecule has 0 saturated carbocycles. The summed E-state index contributed by atoms with van der Waals surface area (Å²) >= 11 is 0. The number of aryl methyl sites for hydroxylation is 1. The van der Waals surface area contributed by atoms with Crippen LogP contribution < -0.4 is 0 Å². The Bertz CT molecular complexity index is 406. The molecule has 0 aliphatic rings. The Labute approximate surface area is 92.7 Å². The van der Waals surface area contributed by atoms with Crippen molar-refractivity contribution in [2.45, 2.75) is 25.4 Å². The molecule has 0 spiro atoms. The third-order valence-corrected chi connectivity index (χ3v) is 2.20. The van der Waals surface area contributed by atoms with Crippen molar-refractivity contribution in [3.63, 3.8) is 0 Å². The van der Waals surface area contributed by atoms with Crippen LogP contribution in [-0.2, 0) is 6.18 Å². The summed E-state index contributed by atoms with van der Waals surface area (Å²) in [5.41, 5.74) is -1.89. The normalized spacial score (nSPS) is 14.8. The van der Waals surface area contributed by atoms with Crippen molar-refractivity contribution in [1.29, 1.82) is 0 Å².